The Hall–Kier alpha value is -3.15. The number of aromatic nitrogens is 5. The second-order valence-corrected chi connectivity index (χ2v) is 7.07. The fourth-order valence-corrected chi connectivity index (χ4v) is 3.84. The minimum absolute atomic E-state index is 0.930. The van der Waals surface area contributed by atoms with Crippen molar-refractivity contribution in [3.05, 3.63) is 54.0 Å². The van der Waals surface area contributed by atoms with Crippen LogP contribution in [-0.4, -0.2) is 37.6 Å². The molecule has 0 unspecified atom stereocenters. The fourth-order valence-electron chi connectivity index (χ4n) is 3.84. The SMILES string of the molecule is CCN(CC)c1cc(C)nc2c(-c3ccc(-n4cccn4)cc3C)nn(C)c12. The van der Waals surface area contributed by atoms with Gasteiger partial charge in [-0.1, -0.05) is 6.07 Å². The highest BCUT2D eigenvalue weighted by atomic mass is 15.3. The lowest BCUT2D eigenvalue weighted by molar-refractivity contribution is 0.791. The average Bonchev–Trinajstić information content (AvgIpc) is 3.31. The van der Waals surface area contributed by atoms with E-state index in [9.17, 15) is 0 Å². The van der Waals surface area contributed by atoms with Gasteiger partial charge in [0, 0.05) is 43.8 Å². The van der Waals surface area contributed by atoms with Crippen LogP contribution in [0.2, 0.25) is 0 Å². The van der Waals surface area contributed by atoms with Gasteiger partial charge in [-0.05, 0) is 57.5 Å². The minimum Gasteiger partial charge on any atom is -0.370 e. The molecule has 4 rings (SSSR count). The van der Waals surface area contributed by atoms with Crippen LogP contribution in [0.15, 0.2) is 42.7 Å². The first kappa shape index (κ1) is 18.2. The summed E-state index contributed by atoms with van der Waals surface area (Å²) in [4.78, 5) is 7.23. The summed E-state index contributed by atoms with van der Waals surface area (Å²) in [6.45, 7) is 10.4. The molecule has 0 amide bonds. The van der Waals surface area contributed by atoms with E-state index in [0.717, 1.165) is 52.3 Å². The maximum atomic E-state index is 4.87. The second kappa shape index (κ2) is 7.11. The molecule has 3 aromatic heterocycles. The van der Waals surface area contributed by atoms with Crippen molar-refractivity contribution >= 4 is 16.7 Å². The van der Waals surface area contributed by atoms with Crippen molar-refractivity contribution in [2.24, 2.45) is 7.05 Å². The summed E-state index contributed by atoms with van der Waals surface area (Å²) in [5.74, 6) is 0. The standard InChI is InChI=1S/C22H26N6/c1-6-27(7-2)19-14-16(4)24-21-20(25-26(5)22(19)21)18-10-9-17(13-15(18)3)28-12-8-11-23-28/h8-14H,6-7H2,1-5H3. The summed E-state index contributed by atoms with van der Waals surface area (Å²) in [5, 5.41) is 9.20. The van der Waals surface area contributed by atoms with E-state index < -0.39 is 0 Å². The topological polar surface area (TPSA) is 51.8 Å². The Balaban J connectivity index is 1.91. The predicted octanol–water partition coefficient (Wildman–Crippen LogP) is 4.28. The first-order valence-electron chi connectivity index (χ1n) is 9.73. The third kappa shape index (κ3) is 2.95. The largest absolute Gasteiger partial charge is 0.370 e. The van der Waals surface area contributed by atoms with E-state index in [-0.39, 0.29) is 0 Å². The first-order valence-corrected chi connectivity index (χ1v) is 9.73. The van der Waals surface area contributed by atoms with E-state index in [1.807, 2.05) is 28.7 Å². The van der Waals surface area contributed by atoms with E-state index in [4.69, 9.17) is 10.1 Å². The highest BCUT2D eigenvalue weighted by molar-refractivity contribution is 5.98. The van der Waals surface area contributed by atoms with Crippen LogP contribution in [0.25, 0.3) is 28.0 Å². The molecule has 0 spiro atoms. The zero-order valence-corrected chi connectivity index (χ0v) is 17.1. The number of pyridine rings is 1. The Kier molecular flexibility index (Phi) is 4.63. The molecule has 1 aromatic carbocycles. The zero-order valence-electron chi connectivity index (χ0n) is 17.1. The van der Waals surface area contributed by atoms with E-state index in [0.29, 0.717) is 0 Å². The Labute approximate surface area is 165 Å². The van der Waals surface area contributed by atoms with Gasteiger partial charge in [0.15, 0.2) is 0 Å². The molecule has 6 heteroatoms. The molecule has 0 bridgehead atoms. The van der Waals surface area contributed by atoms with Gasteiger partial charge in [-0.25, -0.2) is 9.67 Å². The van der Waals surface area contributed by atoms with Crippen molar-refractivity contribution < 1.29 is 0 Å². The molecular formula is C22H26N6. The lowest BCUT2D eigenvalue weighted by Crippen LogP contribution is -2.22. The van der Waals surface area contributed by atoms with Gasteiger partial charge in [-0.15, -0.1) is 0 Å². The first-order chi connectivity index (χ1) is 13.5. The molecule has 0 saturated heterocycles. The molecule has 0 saturated carbocycles. The van der Waals surface area contributed by atoms with Gasteiger partial charge in [-0.3, -0.25) is 4.68 Å². The summed E-state index contributed by atoms with van der Waals surface area (Å²) >= 11 is 0. The maximum absolute atomic E-state index is 4.87. The molecular weight excluding hydrogens is 348 g/mol. The van der Waals surface area contributed by atoms with Crippen LogP contribution in [0.1, 0.15) is 25.1 Å². The summed E-state index contributed by atoms with van der Waals surface area (Å²) in [7, 11) is 2.00. The van der Waals surface area contributed by atoms with E-state index in [1.54, 1.807) is 6.20 Å². The van der Waals surface area contributed by atoms with Gasteiger partial charge in [0.2, 0.25) is 0 Å². The molecule has 144 valence electrons. The highest BCUT2D eigenvalue weighted by Crippen LogP contribution is 2.34. The third-order valence-electron chi connectivity index (χ3n) is 5.24. The molecule has 0 N–H and O–H groups in total. The van der Waals surface area contributed by atoms with Crippen LogP contribution >= 0.6 is 0 Å². The number of nitrogens with zero attached hydrogens (tertiary/aromatic N) is 6. The average molecular weight is 374 g/mol. The Bertz CT molecular complexity index is 1120. The van der Waals surface area contributed by atoms with Gasteiger partial charge >= 0.3 is 0 Å². The van der Waals surface area contributed by atoms with Crippen LogP contribution in [0.5, 0.6) is 0 Å². The molecule has 0 radical (unpaired) electrons. The monoisotopic (exact) mass is 374 g/mol. The lowest BCUT2D eigenvalue weighted by atomic mass is 10.0. The number of fused-ring (bicyclic) bond motifs is 1. The second-order valence-electron chi connectivity index (χ2n) is 7.07. The van der Waals surface area contributed by atoms with Gasteiger partial charge in [-0.2, -0.15) is 10.2 Å². The van der Waals surface area contributed by atoms with Crippen molar-refractivity contribution in [2.75, 3.05) is 18.0 Å². The van der Waals surface area contributed by atoms with Crippen molar-refractivity contribution in [3.8, 4) is 16.9 Å². The van der Waals surface area contributed by atoms with Gasteiger partial charge in [0.1, 0.15) is 16.7 Å². The zero-order chi connectivity index (χ0) is 19.8. The quantitative estimate of drug-likeness (QED) is 0.523. The summed E-state index contributed by atoms with van der Waals surface area (Å²) in [6, 6.07) is 10.4. The third-order valence-corrected chi connectivity index (χ3v) is 5.24. The number of benzene rings is 1. The van der Waals surface area contributed by atoms with E-state index >= 15 is 0 Å². The van der Waals surface area contributed by atoms with Gasteiger partial charge < -0.3 is 4.90 Å². The normalized spacial score (nSPS) is 11.3. The molecule has 0 fully saturated rings. The van der Waals surface area contributed by atoms with Crippen LogP contribution < -0.4 is 4.90 Å². The lowest BCUT2D eigenvalue weighted by Gasteiger charge is -2.22. The van der Waals surface area contributed by atoms with Crippen molar-refractivity contribution in [1.82, 2.24) is 24.5 Å². The number of aryl methyl sites for hydroxylation is 3. The number of hydrogen-bond acceptors (Lipinski definition) is 4. The van der Waals surface area contributed by atoms with Gasteiger partial charge in [0.25, 0.3) is 0 Å². The molecule has 4 aromatic rings. The van der Waals surface area contributed by atoms with E-state index in [1.165, 1.54) is 5.69 Å². The molecule has 0 aliphatic carbocycles. The number of rotatable bonds is 5. The van der Waals surface area contributed by atoms with Crippen LogP contribution in [0.4, 0.5) is 5.69 Å². The summed E-state index contributed by atoms with van der Waals surface area (Å²) < 4.78 is 3.83. The van der Waals surface area contributed by atoms with E-state index in [2.05, 4.69) is 62.0 Å². The molecule has 28 heavy (non-hydrogen) atoms. The van der Waals surface area contributed by atoms with Crippen LogP contribution in [0, 0.1) is 13.8 Å². The smallest absolute Gasteiger partial charge is 0.119 e. The number of hydrogen-bond donors (Lipinski definition) is 0. The van der Waals surface area contributed by atoms with Crippen molar-refractivity contribution in [2.45, 2.75) is 27.7 Å². The highest BCUT2D eigenvalue weighted by Gasteiger charge is 2.20. The number of anilines is 1. The Morgan fingerprint density at radius 1 is 1.07 bits per heavy atom. The Morgan fingerprint density at radius 3 is 2.50 bits per heavy atom. The summed E-state index contributed by atoms with van der Waals surface area (Å²) in [6.07, 6.45) is 3.74. The van der Waals surface area contributed by atoms with Crippen molar-refractivity contribution in [1.29, 1.82) is 0 Å². The van der Waals surface area contributed by atoms with Crippen LogP contribution in [-0.2, 0) is 7.05 Å². The predicted molar refractivity (Wildman–Crippen MR) is 114 cm³/mol. The molecule has 0 aliphatic heterocycles. The maximum Gasteiger partial charge on any atom is 0.119 e. The van der Waals surface area contributed by atoms with Crippen LogP contribution in [0.3, 0.4) is 0 Å². The molecule has 6 nitrogen and oxygen atoms in total. The van der Waals surface area contributed by atoms with Gasteiger partial charge in [0.05, 0.1) is 11.4 Å². The van der Waals surface area contributed by atoms with Crippen molar-refractivity contribution in [3.63, 3.8) is 0 Å². The minimum atomic E-state index is 0.930. The molecule has 0 aliphatic rings. The summed E-state index contributed by atoms with van der Waals surface area (Å²) in [5.41, 5.74) is 8.47. The molecule has 0 atom stereocenters. The fraction of sp³-hybridized carbons (Fsp3) is 0.318. The Morgan fingerprint density at radius 2 is 1.86 bits per heavy atom. The molecule has 3 heterocycles.